The lowest BCUT2D eigenvalue weighted by Crippen LogP contribution is -2.17. The summed E-state index contributed by atoms with van der Waals surface area (Å²) in [6, 6.07) is 8.61. The molecule has 0 aliphatic carbocycles. The van der Waals surface area contributed by atoms with Crippen LogP contribution in [0.3, 0.4) is 0 Å². The van der Waals surface area contributed by atoms with E-state index in [1.54, 1.807) is 37.3 Å². The highest BCUT2D eigenvalue weighted by Crippen LogP contribution is 2.28. The monoisotopic (exact) mass is 383 g/mol. The van der Waals surface area contributed by atoms with E-state index < -0.39 is 11.9 Å². The topological polar surface area (TPSA) is 87.2 Å². The SMILES string of the molecule is CCOC(=O)c1c(SCBr)nn(C(=O)c2ccccc2)c1N. The van der Waals surface area contributed by atoms with Crippen LogP contribution in [0.1, 0.15) is 27.6 Å². The number of benzene rings is 1. The summed E-state index contributed by atoms with van der Waals surface area (Å²) in [6.45, 7) is 1.92. The number of thioether (sulfide) groups is 1. The Hall–Kier alpha value is -1.80. The quantitative estimate of drug-likeness (QED) is 0.485. The number of halogens is 1. The molecule has 0 amide bonds. The molecule has 8 heteroatoms. The number of carbonyl (C=O) groups is 2. The molecule has 0 aliphatic rings. The second-order valence-electron chi connectivity index (χ2n) is 4.12. The molecule has 0 atom stereocenters. The number of ether oxygens (including phenoxy) is 1. The van der Waals surface area contributed by atoms with E-state index >= 15 is 0 Å². The van der Waals surface area contributed by atoms with Crippen molar-refractivity contribution in [2.45, 2.75) is 11.9 Å². The van der Waals surface area contributed by atoms with Crippen molar-refractivity contribution in [3.63, 3.8) is 0 Å². The molecule has 22 heavy (non-hydrogen) atoms. The standard InChI is InChI=1S/C14H14BrN3O3S/c1-2-21-14(20)10-11(16)18(17-12(10)22-8-15)13(19)9-6-4-3-5-7-9/h3-7H,2,8,16H2,1H3. The Morgan fingerprint density at radius 1 is 1.36 bits per heavy atom. The van der Waals surface area contributed by atoms with E-state index in [-0.39, 0.29) is 18.0 Å². The fourth-order valence-electron chi connectivity index (χ4n) is 1.82. The van der Waals surface area contributed by atoms with Gasteiger partial charge in [-0.25, -0.2) is 4.79 Å². The van der Waals surface area contributed by atoms with Gasteiger partial charge in [0.25, 0.3) is 5.91 Å². The Morgan fingerprint density at radius 3 is 2.64 bits per heavy atom. The second kappa shape index (κ2) is 7.46. The first-order valence-electron chi connectivity index (χ1n) is 6.44. The molecule has 2 aromatic rings. The van der Waals surface area contributed by atoms with Gasteiger partial charge in [-0.3, -0.25) is 4.79 Å². The van der Waals surface area contributed by atoms with E-state index in [0.717, 1.165) is 4.68 Å². The van der Waals surface area contributed by atoms with E-state index in [9.17, 15) is 9.59 Å². The van der Waals surface area contributed by atoms with Crippen LogP contribution in [0.25, 0.3) is 0 Å². The van der Waals surface area contributed by atoms with E-state index in [0.29, 0.717) is 15.3 Å². The summed E-state index contributed by atoms with van der Waals surface area (Å²) in [5.41, 5.74) is 6.51. The van der Waals surface area contributed by atoms with Gasteiger partial charge in [-0.2, -0.15) is 9.78 Å². The number of alkyl halides is 1. The first-order valence-corrected chi connectivity index (χ1v) is 8.55. The van der Waals surface area contributed by atoms with Gasteiger partial charge in [0, 0.05) is 5.56 Å². The molecule has 1 aromatic heterocycles. The average Bonchev–Trinajstić information content (AvgIpc) is 2.84. The van der Waals surface area contributed by atoms with Crippen molar-refractivity contribution < 1.29 is 14.3 Å². The zero-order valence-corrected chi connectivity index (χ0v) is 14.2. The van der Waals surface area contributed by atoms with Crippen LogP contribution in [0, 0.1) is 0 Å². The van der Waals surface area contributed by atoms with E-state index in [1.165, 1.54) is 11.8 Å². The number of nitrogens with zero attached hydrogens (tertiary/aromatic N) is 2. The van der Waals surface area contributed by atoms with Crippen LogP contribution in [0.4, 0.5) is 5.82 Å². The summed E-state index contributed by atoms with van der Waals surface area (Å²) in [7, 11) is 0. The minimum absolute atomic E-state index is 0.0178. The van der Waals surface area contributed by atoms with E-state index in [4.69, 9.17) is 10.5 Å². The van der Waals surface area contributed by atoms with Gasteiger partial charge in [0.1, 0.15) is 16.4 Å². The summed E-state index contributed by atoms with van der Waals surface area (Å²) in [6.07, 6.45) is 0. The minimum Gasteiger partial charge on any atom is -0.462 e. The Labute approximate surface area is 140 Å². The number of aromatic nitrogens is 2. The fraction of sp³-hybridized carbons (Fsp3) is 0.214. The highest BCUT2D eigenvalue weighted by molar-refractivity contribution is 9.11. The molecule has 0 spiro atoms. The van der Waals surface area contributed by atoms with Crippen LogP contribution in [-0.2, 0) is 4.74 Å². The second-order valence-corrected chi connectivity index (χ2v) is 6.39. The molecular formula is C14H14BrN3O3S. The summed E-state index contributed by atoms with van der Waals surface area (Å²) in [5, 5.41) is 4.51. The van der Waals surface area contributed by atoms with Gasteiger partial charge in [0.2, 0.25) is 0 Å². The first-order chi connectivity index (χ1) is 10.6. The van der Waals surface area contributed by atoms with Crippen LogP contribution in [-0.4, -0.2) is 32.9 Å². The van der Waals surface area contributed by atoms with Gasteiger partial charge in [-0.05, 0) is 19.1 Å². The number of hydrogen-bond acceptors (Lipinski definition) is 6. The highest BCUT2D eigenvalue weighted by atomic mass is 79.9. The Balaban J connectivity index is 2.47. The number of esters is 1. The van der Waals surface area contributed by atoms with Crippen LogP contribution < -0.4 is 5.73 Å². The zero-order chi connectivity index (χ0) is 16.1. The van der Waals surface area contributed by atoms with Gasteiger partial charge in [0.05, 0.1) is 11.3 Å². The molecule has 2 N–H and O–H groups in total. The van der Waals surface area contributed by atoms with Crippen LogP contribution in [0.2, 0.25) is 0 Å². The maximum atomic E-state index is 12.5. The molecule has 0 unspecified atom stereocenters. The Morgan fingerprint density at radius 2 is 2.05 bits per heavy atom. The van der Waals surface area contributed by atoms with Crippen molar-refractivity contribution in [1.82, 2.24) is 9.78 Å². The lowest BCUT2D eigenvalue weighted by molar-refractivity contribution is 0.0523. The third kappa shape index (κ3) is 3.33. The van der Waals surface area contributed by atoms with Gasteiger partial charge in [-0.15, -0.1) is 0 Å². The predicted octanol–water partition coefficient (Wildman–Crippen LogP) is 2.78. The van der Waals surface area contributed by atoms with Gasteiger partial charge < -0.3 is 10.5 Å². The van der Waals surface area contributed by atoms with Crippen LogP contribution in [0.5, 0.6) is 0 Å². The first kappa shape index (κ1) is 16.6. The number of hydrogen-bond donors (Lipinski definition) is 1. The van der Waals surface area contributed by atoms with Crippen molar-refractivity contribution in [2.24, 2.45) is 0 Å². The summed E-state index contributed by atoms with van der Waals surface area (Å²) in [5.74, 6) is -1.00. The zero-order valence-electron chi connectivity index (χ0n) is 11.8. The molecule has 0 aliphatic heterocycles. The maximum absolute atomic E-state index is 12.5. The molecular weight excluding hydrogens is 370 g/mol. The molecule has 2 rings (SSSR count). The van der Waals surface area contributed by atoms with Crippen LogP contribution in [0.15, 0.2) is 35.4 Å². The molecule has 6 nitrogen and oxygen atoms in total. The normalized spacial score (nSPS) is 10.5. The third-order valence-electron chi connectivity index (χ3n) is 2.77. The van der Waals surface area contributed by atoms with Crippen molar-refractivity contribution in [3.8, 4) is 0 Å². The van der Waals surface area contributed by atoms with Gasteiger partial charge >= 0.3 is 5.97 Å². The van der Waals surface area contributed by atoms with Crippen molar-refractivity contribution >= 4 is 45.4 Å². The van der Waals surface area contributed by atoms with E-state index in [1.807, 2.05) is 0 Å². The molecule has 1 aromatic carbocycles. The van der Waals surface area contributed by atoms with Crippen molar-refractivity contribution in [1.29, 1.82) is 0 Å². The van der Waals surface area contributed by atoms with Crippen LogP contribution >= 0.6 is 27.7 Å². The molecule has 0 fully saturated rings. The average molecular weight is 384 g/mol. The molecule has 0 radical (unpaired) electrons. The number of nitrogens with two attached hydrogens (primary N) is 1. The number of rotatable bonds is 5. The lowest BCUT2D eigenvalue weighted by atomic mass is 10.2. The summed E-state index contributed by atoms with van der Waals surface area (Å²) >= 11 is 4.52. The van der Waals surface area contributed by atoms with Crippen molar-refractivity contribution in [2.75, 3.05) is 17.0 Å². The van der Waals surface area contributed by atoms with Gasteiger partial charge in [0.15, 0.2) is 0 Å². The third-order valence-corrected chi connectivity index (χ3v) is 4.13. The molecule has 1 heterocycles. The molecule has 0 bridgehead atoms. The number of nitrogen functional groups attached to an aromatic ring is 1. The lowest BCUT2D eigenvalue weighted by Gasteiger charge is -2.04. The molecule has 0 saturated carbocycles. The molecule has 0 saturated heterocycles. The van der Waals surface area contributed by atoms with E-state index in [2.05, 4.69) is 21.0 Å². The maximum Gasteiger partial charge on any atom is 0.344 e. The van der Waals surface area contributed by atoms with Crippen molar-refractivity contribution in [3.05, 3.63) is 41.5 Å². The Bertz CT molecular complexity index is 688. The summed E-state index contributed by atoms with van der Waals surface area (Å²) < 4.78 is 6.53. The fourth-order valence-corrected chi connectivity index (χ4v) is 3.04. The molecule has 116 valence electrons. The largest absolute Gasteiger partial charge is 0.462 e. The summed E-state index contributed by atoms with van der Waals surface area (Å²) in [4.78, 5) is 24.5. The number of anilines is 1. The Kier molecular flexibility index (Phi) is 5.62. The number of carbonyl (C=O) groups excluding carboxylic acids is 2. The predicted molar refractivity (Wildman–Crippen MR) is 88.4 cm³/mol. The highest BCUT2D eigenvalue weighted by Gasteiger charge is 2.26. The van der Waals surface area contributed by atoms with Gasteiger partial charge in [-0.1, -0.05) is 45.9 Å². The smallest absolute Gasteiger partial charge is 0.344 e. The minimum atomic E-state index is -0.587.